The first-order valence-electron chi connectivity index (χ1n) is 19.3. The van der Waals surface area contributed by atoms with E-state index in [0.717, 1.165) is 0 Å². The zero-order valence-corrected chi connectivity index (χ0v) is 45.0. The molecule has 59 heavy (non-hydrogen) atoms. The van der Waals surface area contributed by atoms with Crippen molar-refractivity contribution in [3.8, 4) is 0 Å². The van der Waals surface area contributed by atoms with Crippen LogP contribution in [-0.2, 0) is 21.7 Å². The van der Waals surface area contributed by atoms with Gasteiger partial charge in [-0.25, -0.2) is 0 Å². The van der Waals surface area contributed by atoms with Gasteiger partial charge in [0.15, 0.2) is 8.07 Å². The number of benzene rings is 3. The molecule has 0 radical (unpaired) electrons. The van der Waals surface area contributed by atoms with E-state index in [1.165, 1.54) is 94.2 Å². The third-order valence-corrected chi connectivity index (χ3v) is 16.8. The molecule has 4 aromatic rings. The van der Waals surface area contributed by atoms with Crippen LogP contribution in [0.15, 0.2) is 36.4 Å². The van der Waals surface area contributed by atoms with Crippen LogP contribution < -0.4 is 102 Å². The van der Waals surface area contributed by atoms with Gasteiger partial charge in [-0.2, -0.15) is 27.4 Å². The van der Waals surface area contributed by atoms with Gasteiger partial charge in [0, 0.05) is 159 Å². The van der Waals surface area contributed by atoms with Gasteiger partial charge in [0.05, 0.1) is 34.1 Å². The number of nitrogens with zero attached hydrogens (tertiary/aromatic N) is 9. The molecule has 0 aliphatic heterocycles. The molecule has 4 aromatic carbocycles. The summed E-state index contributed by atoms with van der Waals surface area (Å²) in [6.07, 6.45) is 0. The Balaban J connectivity index is 0.00000841. The molecule has 0 N–H and O–H groups in total. The van der Waals surface area contributed by atoms with Gasteiger partial charge in [0.25, 0.3) is 0 Å². The fraction of sp³-hybridized carbons (Fsp3) is 0.489. The Hall–Kier alpha value is -2.99. The second-order valence-electron chi connectivity index (χ2n) is 17.2. The molecule has 14 heteroatoms. The van der Waals surface area contributed by atoms with Gasteiger partial charge in [-0.15, -0.1) is 0 Å². The number of halogens is 3. The van der Waals surface area contributed by atoms with Crippen LogP contribution in [0.5, 0.6) is 0 Å². The second-order valence-corrected chi connectivity index (χ2v) is 20.7. The predicted octanol–water partition coefficient (Wildman–Crippen LogP) is -4.38. The minimum atomic E-state index is -3.61. The third-order valence-electron chi connectivity index (χ3n) is 11.6. The van der Waals surface area contributed by atoms with Crippen LogP contribution in [0.2, 0.25) is 0 Å². The van der Waals surface area contributed by atoms with E-state index >= 15 is 0 Å². The Bertz CT molecular complexity index is 1830. The third kappa shape index (κ3) is 9.43. The van der Waals surface area contributed by atoms with Gasteiger partial charge < -0.3 is 81.3 Å². The molecule has 4 rings (SSSR count). The van der Waals surface area contributed by atoms with Crippen LogP contribution in [0, 0.1) is 27.7 Å². The predicted molar refractivity (Wildman–Crippen MR) is 254 cm³/mol. The van der Waals surface area contributed by atoms with Crippen molar-refractivity contribution >= 4 is 80.0 Å². The first-order chi connectivity index (χ1) is 25.5. The Kier molecular flexibility index (Phi) is 20.1. The zero-order valence-electron chi connectivity index (χ0n) is 40.1. The molecule has 0 atom stereocenters. The minimum absolute atomic E-state index is 0. The van der Waals surface area contributed by atoms with Crippen LogP contribution in [0.1, 0.15) is 22.3 Å². The second kappa shape index (κ2) is 21.2. The summed E-state index contributed by atoms with van der Waals surface area (Å²) in [5.74, 6) is 0. The Morgan fingerprint density at radius 2 is 0.576 bits per heavy atom. The quantitative estimate of drug-likeness (QED) is 0.0752. The molecular weight excluding hydrogens is 849 g/mol. The maximum absolute atomic E-state index is 3.61. The summed E-state index contributed by atoms with van der Waals surface area (Å²) in [5, 5.41) is 5.62. The van der Waals surface area contributed by atoms with E-state index in [-0.39, 0.29) is 58.9 Å². The topological polar surface area (TPSA) is 29.2 Å². The van der Waals surface area contributed by atoms with Crippen molar-refractivity contribution in [1.29, 1.82) is 0 Å². The molecule has 0 aliphatic rings. The van der Waals surface area contributed by atoms with Gasteiger partial charge >= 0.3 is 21.7 Å². The van der Waals surface area contributed by atoms with Crippen LogP contribution in [0.25, 0.3) is 0 Å². The van der Waals surface area contributed by atoms with E-state index < -0.39 is 8.07 Å². The maximum atomic E-state index is 2.40. The largest absolute Gasteiger partial charge is 4.00 e. The molecule has 326 valence electrons. The molecule has 9 nitrogen and oxygen atoms in total. The number of hydrogen-bond donors (Lipinski definition) is 0. The van der Waals surface area contributed by atoms with Gasteiger partial charge in [0.2, 0.25) is 0 Å². The molecule has 0 spiro atoms. The van der Waals surface area contributed by atoms with Crippen molar-refractivity contribution in [2.75, 3.05) is 171 Å². The molecular formula is C45H72Cl3N9SiTi. The fourth-order valence-corrected chi connectivity index (χ4v) is 16.1. The number of rotatable bonds is 13. The van der Waals surface area contributed by atoms with Crippen LogP contribution in [0.3, 0.4) is 0 Å². The molecule has 0 bridgehead atoms. The van der Waals surface area contributed by atoms with Crippen molar-refractivity contribution in [2.45, 2.75) is 27.7 Å². The average molecular weight is 921 g/mol. The van der Waals surface area contributed by atoms with Gasteiger partial charge in [-0.1, -0.05) is 27.7 Å². The first-order valence-corrected chi connectivity index (χ1v) is 21.3. The van der Waals surface area contributed by atoms with E-state index in [1.54, 1.807) is 0 Å². The molecule has 0 unspecified atom stereocenters. The van der Waals surface area contributed by atoms with Crippen molar-refractivity contribution in [3.05, 3.63) is 58.7 Å². The molecule has 0 aromatic heterocycles. The molecule has 0 saturated carbocycles. The molecule has 0 aliphatic carbocycles. The van der Waals surface area contributed by atoms with Crippen LogP contribution in [-0.4, -0.2) is 135 Å². The van der Waals surface area contributed by atoms with E-state index in [9.17, 15) is 0 Å². The van der Waals surface area contributed by atoms with E-state index in [4.69, 9.17) is 0 Å². The molecule has 0 heterocycles. The average Bonchev–Trinajstić information content (AvgIpc) is 3.28. The summed E-state index contributed by atoms with van der Waals surface area (Å²) in [5.41, 5.74) is 16.5. The van der Waals surface area contributed by atoms with Gasteiger partial charge in [-0.3, -0.25) is 0 Å². The number of hydrogen-bond acceptors (Lipinski definition) is 9. The summed E-state index contributed by atoms with van der Waals surface area (Å²) in [6, 6.07) is 14.1. The summed E-state index contributed by atoms with van der Waals surface area (Å²) in [4.78, 5) is 21.1. The molecule has 0 saturated heterocycles. The SMILES string of the molecule is Cc1c(C)c([Si](c2c(N(C)C)ccc(N(C)C)c2N(C)C)(c2c(N(C)C)ccc(N(C)C)c2N(C)C)c2c(N(C)C)ccc(N(C)C)c2N(C)C)[c-](C)c1C.[Cl-].[Cl-].[Cl-].[Ti+4]. The van der Waals surface area contributed by atoms with E-state index in [2.05, 4.69) is 235 Å². The Labute approximate surface area is 393 Å². The summed E-state index contributed by atoms with van der Waals surface area (Å²) >= 11 is 0. The summed E-state index contributed by atoms with van der Waals surface area (Å²) in [6.45, 7) is 9.46. The first kappa shape index (κ1) is 56.0. The van der Waals surface area contributed by atoms with Gasteiger partial charge in [0.1, 0.15) is 0 Å². The summed E-state index contributed by atoms with van der Waals surface area (Å²) in [7, 11) is 36.2. The van der Waals surface area contributed by atoms with E-state index in [1.807, 2.05) is 0 Å². The Morgan fingerprint density at radius 1 is 0.356 bits per heavy atom. The minimum Gasteiger partial charge on any atom is -1.00 e. The summed E-state index contributed by atoms with van der Waals surface area (Å²) < 4.78 is 0. The van der Waals surface area contributed by atoms with Crippen LogP contribution >= 0.6 is 0 Å². The monoisotopic (exact) mass is 919 g/mol. The molecule has 0 fully saturated rings. The van der Waals surface area contributed by atoms with E-state index in [0.29, 0.717) is 0 Å². The Morgan fingerprint density at radius 3 is 0.746 bits per heavy atom. The van der Waals surface area contributed by atoms with Crippen molar-refractivity contribution in [1.82, 2.24) is 0 Å². The van der Waals surface area contributed by atoms with Gasteiger partial charge in [-0.05, 0) is 36.4 Å². The number of anilines is 9. The van der Waals surface area contributed by atoms with Crippen molar-refractivity contribution in [2.24, 2.45) is 0 Å². The zero-order chi connectivity index (χ0) is 41.8. The van der Waals surface area contributed by atoms with Crippen molar-refractivity contribution < 1.29 is 58.9 Å². The normalized spacial score (nSPS) is 10.7. The standard InChI is InChI=1S/C45H72N9Si.3ClH.Ti/c1-29-30(2)32(4)42(31(29)3)55(43-36(49(11)12)26-23-33(46(5)6)39(43)52(17)18,44-37(50(13)14)27-24-34(47(7)8)40(44)53(19)20)45-38(51(15)16)28-25-35(48(9)10)41(45)54(21)22;;;;/h23-28H,1-22H3;3*1H;/q-1;;;;+4/p-3. The van der Waals surface area contributed by atoms with Crippen molar-refractivity contribution in [3.63, 3.8) is 0 Å². The fourth-order valence-electron chi connectivity index (χ4n) is 8.91. The molecule has 0 amide bonds. The maximum Gasteiger partial charge on any atom is 4.00 e. The smallest absolute Gasteiger partial charge is 1.00 e. The van der Waals surface area contributed by atoms with Crippen LogP contribution in [0.4, 0.5) is 51.2 Å².